The highest BCUT2D eigenvalue weighted by Crippen LogP contribution is 2.40. The number of benzene rings is 2. The van der Waals surface area contributed by atoms with E-state index >= 15 is 0 Å². The van der Waals surface area contributed by atoms with Crippen LogP contribution >= 0.6 is 0 Å². The Morgan fingerprint density at radius 3 is 1.44 bits per heavy atom. The lowest BCUT2D eigenvalue weighted by atomic mass is 9.94. The van der Waals surface area contributed by atoms with Crippen LogP contribution in [-0.4, -0.2) is 111 Å². The fourth-order valence-corrected chi connectivity index (χ4v) is 6.67. The van der Waals surface area contributed by atoms with Gasteiger partial charge in [0.15, 0.2) is 11.6 Å². The van der Waals surface area contributed by atoms with Crippen molar-refractivity contribution in [3.63, 3.8) is 0 Å². The zero-order valence-corrected chi connectivity index (χ0v) is 30.4. The molecule has 0 bridgehead atoms. The van der Waals surface area contributed by atoms with E-state index in [4.69, 9.17) is 38.4 Å². The number of rotatable bonds is 8. The van der Waals surface area contributed by atoms with Crippen LogP contribution in [0, 0.1) is 10.8 Å². The van der Waals surface area contributed by atoms with Gasteiger partial charge in [0, 0.05) is 36.8 Å². The molecule has 4 saturated heterocycles. The van der Waals surface area contributed by atoms with Crippen molar-refractivity contribution in [1.29, 1.82) is 0 Å². The van der Waals surface area contributed by atoms with Crippen molar-refractivity contribution in [3.8, 4) is 11.5 Å². The summed E-state index contributed by atoms with van der Waals surface area (Å²) in [4.78, 5) is 28.5. The minimum Gasteiger partial charge on any atom is -0.497 e. The molecule has 50 heavy (non-hydrogen) atoms. The summed E-state index contributed by atoms with van der Waals surface area (Å²) >= 11 is 0. The molecule has 13 nitrogen and oxygen atoms in total. The molecule has 276 valence electrons. The molecule has 2 aromatic carbocycles. The minimum atomic E-state index is -0.792. The van der Waals surface area contributed by atoms with E-state index in [1.54, 1.807) is 19.7 Å². The van der Waals surface area contributed by atoms with Gasteiger partial charge in [0.2, 0.25) is 0 Å². The summed E-state index contributed by atoms with van der Waals surface area (Å²) < 4.78 is 39.6. The molecule has 4 fully saturated rings. The first-order chi connectivity index (χ1) is 23.7. The van der Waals surface area contributed by atoms with Crippen molar-refractivity contribution in [1.82, 2.24) is 15.3 Å². The quantitative estimate of drug-likeness (QED) is 0.236. The number of methoxy groups -OCH3 is 3. The van der Waals surface area contributed by atoms with Crippen LogP contribution in [0.2, 0.25) is 0 Å². The van der Waals surface area contributed by atoms with Crippen LogP contribution in [0.15, 0.2) is 48.5 Å². The van der Waals surface area contributed by atoms with E-state index in [1.807, 2.05) is 53.4 Å². The molecule has 0 unspecified atom stereocenters. The lowest BCUT2D eigenvalue weighted by molar-refractivity contribution is -0.291. The van der Waals surface area contributed by atoms with E-state index < -0.39 is 23.5 Å². The number of ether oxygens (including phenoxy) is 7. The van der Waals surface area contributed by atoms with E-state index in [9.17, 15) is 9.59 Å². The van der Waals surface area contributed by atoms with E-state index in [2.05, 4.69) is 32.6 Å². The molecule has 4 aliphatic heterocycles. The topological polar surface area (TPSA) is 137 Å². The average molecular weight is 700 g/mol. The Labute approximate surface area is 295 Å². The zero-order chi connectivity index (χ0) is 36.2. The SMILES string of the molecule is COC(=O)[C@H]1CC2(CN1Cc1ccc(OC)cc1)OCC(C)(C)CO2.COc1ccc(CN2CC3(C[C@@H]2C(=O)NO)OCC(C)(C)CO3)cc1. The number of hydrogen-bond acceptors (Lipinski definition) is 12. The highest BCUT2D eigenvalue weighted by Gasteiger charge is 2.53. The molecule has 6 rings (SSSR count). The number of nitrogens with one attached hydrogen (secondary N) is 1. The smallest absolute Gasteiger partial charge is 0.323 e. The minimum absolute atomic E-state index is 0.00455. The number of hydrogen-bond donors (Lipinski definition) is 2. The van der Waals surface area contributed by atoms with Gasteiger partial charge in [-0.25, -0.2) is 5.48 Å². The van der Waals surface area contributed by atoms with Crippen LogP contribution < -0.4 is 15.0 Å². The Balaban J connectivity index is 0.000000194. The molecule has 0 aromatic heterocycles. The summed E-state index contributed by atoms with van der Waals surface area (Å²) in [5.41, 5.74) is 3.87. The maximum Gasteiger partial charge on any atom is 0.323 e. The number of carbonyl (C=O) groups is 2. The summed E-state index contributed by atoms with van der Waals surface area (Å²) in [6.07, 6.45) is 0.886. The van der Waals surface area contributed by atoms with Gasteiger partial charge in [-0.3, -0.25) is 24.6 Å². The second-order valence-corrected chi connectivity index (χ2v) is 15.2. The lowest BCUT2D eigenvalue weighted by Gasteiger charge is -2.41. The summed E-state index contributed by atoms with van der Waals surface area (Å²) in [6, 6.07) is 14.7. The number of amides is 1. The Morgan fingerprint density at radius 1 is 0.700 bits per heavy atom. The van der Waals surface area contributed by atoms with Crippen molar-refractivity contribution in [2.24, 2.45) is 10.8 Å². The average Bonchev–Trinajstić information content (AvgIpc) is 3.66. The van der Waals surface area contributed by atoms with E-state index in [1.165, 1.54) is 7.11 Å². The molecular formula is C37H53N3O10. The van der Waals surface area contributed by atoms with Crippen molar-refractivity contribution in [3.05, 3.63) is 59.7 Å². The van der Waals surface area contributed by atoms with Crippen molar-refractivity contribution >= 4 is 11.9 Å². The normalized spacial score (nSPS) is 25.0. The third-order valence-electron chi connectivity index (χ3n) is 9.66. The van der Waals surface area contributed by atoms with Crippen LogP contribution in [0.5, 0.6) is 11.5 Å². The maximum atomic E-state index is 12.3. The Bertz CT molecular complexity index is 1320. The fraction of sp³-hybridized carbons (Fsp3) is 0.622. The first kappa shape index (κ1) is 37.9. The van der Waals surface area contributed by atoms with Crippen LogP contribution in [-0.2, 0) is 46.4 Å². The van der Waals surface area contributed by atoms with Gasteiger partial charge in [0.25, 0.3) is 5.91 Å². The van der Waals surface area contributed by atoms with Gasteiger partial charge < -0.3 is 33.2 Å². The van der Waals surface area contributed by atoms with Gasteiger partial charge in [-0.05, 0) is 35.4 Å². The van der Waals surface area contributed by atoms with Crippen molar-refractivity contribution in [2.45, 2.75) is 77.3 Å². The van der Waals surface area contributed by atoms with Crippen LogP contribution in [0.4, 0.5) is 0 Å². The summed E-state index contributed by atoms with van der Waals surface area (Å²) in [5, 5.41) is 9.09. The molecule has 2 atom stereocenters. The van der Waals surface area contributed by atoms with E-state index in [0.717, 1.165) is 22.6 Å². The summed E-state index contributed by atoms with van der Waals surface area (Å²) in [5.74, 6) is -0.607. The van der Waals surface area contributed by atoms with Gasteiger partial charge in [0.1, 0.15) is 17.5 Å². The molecule has 1 amide bonds. The molecule has 4 aliphatic rings. The molecule has 2 aromatic rings. The van der Waals surface area contributed by atoms with Crippen LogP contribution in [0.3, 0.4) is 0 Å². The standard InChI is InChI=1S/C19H27NO5.C18H26N2O5/c1-18(2)12-24-19(25-13-18)9-16(17(21)23-4)20(11-19)10-14-5-7-15(22-3)8-6-14;1-17(2)11-24-18(25-12-17)8-15(16(21)19-22)20(10-18)9-13-4-6-14(23-3)7-5-13/h5-8,16H,9-13H2,1-4H3;4-7,15,22H,8-12H2,1-3H3,(H,19,21)/t16-;15-/m11/s1. The van der Waals surface area contributed by atoms with Gasteiger partial charge in [-0.2, -0.15) is 0 Å². The van der Waals surface area contributed by atoms with Gasteiger partial charge in [0.05, 0.1) is 66.9 Å². The van der Waals surface area contributed by atoms with E-state index in [-0.39, 0.29) is 22.8 Å². The highest BCUT2D eigenvalue weighted by atomic mass is 16.7. The highest BCUT2D eigenvalue weighted by molar-refractivity contribution is 5.81. The Morgan fingerprint density at radius 2 is 1.08 bits per heavy atom. The predicted molar refractivity (Wildman–Crippen MR) is 182 cm³/mol. The first-order valence-electron chi connectivity index (χ1n) is 17.0. The zero-order valence-electron chi connectivity index (χ0n) is 30.4. The van der Waals surface area contributed by atoms with Gasteiger partial charge >= 0.3 is 5.97 Å². The van der Waals surface area contributed by atoms with E-state index in [0.29, 0.717) is 65.4 Å². The number of carbonyl (C=O) groups excluding carboxylic acids is 2. The fourth-order valence-electron chi connectivity index (χ4n) is 6.67. The molecule has 4 heterocycles. The second-order valence-electron chi connectivity index (χ2n) is 15.2. The third kappa shape index (κ3) is 9.13. The van der Waals surface area contributed by atoms with Crippen molar-refractivity contribution in [2.75, 3.05) is 60.8 Å². The number of likely N-dealkylation sites (tertiary alicyclic amines) is 2. The largest absolute Gasteiger partial charge is 0.497 e. The molecular weight excluding hydrogens is 646 g/mol. The Hall–Kier alpha value is -3.30. The summed E-state index contributed by atoms with van der Waals surface area (Å²) in [7, 11) is 4.69. The molecule has 0 saturated carbocycles. The second kappa shape index (κ2) is 15.5. The molecule has 2 N–H and O–H groups in total. The molecule has 13 heteroatoms. The lowest BCUT2D eigenvalue weighted by Crippen LogP contribution is -2.49. The molecule has 0 radical (unpaired) electrons. The molecule has 2 spiro atoms. The van der Waals surface area contributed by atoms with Crippen molar-refractivity contribution < 1.29 is 48.0 Å². The monoisotopic (exact) mass is 699 g/mol. The third-order valence-corrected chi connectivity index (χ3v) is 9.66. The van der Waals surface area contributed by atoms with Crippen LogP contribution in [0.1, 0.15) is 51.7 Å². The molecule has 0 aliphatic carbocycles. The van der Waals surface area contributed by atoms with Gasteiger partial charge in [-0.1, -0.05) is 52.0 Å². The first-order valence-corrected chi connectivity index (χ1v) is 17.0. The summed E-state index contributed by atoms with van der Waals surface area (Å²) in [6.45, 7) is 13.0. The maximum absolute atomic E-state index is 12.3. The van der Waals surface area contributed by atoms with Gasteiger partial charge in [-0.15, -0.1) is 0 Å². The van der Waals surface area contributed by atoms with Crippen LogP contribution in [0.25, 0.3) is 0 Å². The number of esters is 1. The number of hydroxylamine groups is 1. The Kier molecular flexibility index (Phi) is 11.8. The number of nitrogens with zero attached hydrogens (tertiary/aromatic N) is 2. The predicted octanol–water partition coefficient (Wildman–Crippen LogP) is 3.76.